The van der Waals surface area contributed by atoms with Crippen LogP contribution in [0, 0.1) is 5.41 Å². The first-order valence-electron chi connectivity index (χ1n) is 7.20. The summed E-state index contributed by atoms with van der Waals surface area (Å²) >= 11 is 0. The van der Waals surface area contributed by atoms with Crippen molar-refractivity contribution in [3.63, 3.8) is 0 Å². The Morgan fingerprint density at radius 2 is 1.80 bits per heavy atom. The number of aliphatic hydroxyl groups excluding tert-OH is 1. The van der Waals surface area contributed by atoms with E-state index in [4.69, 9.17) is 0 Å². The van der Waals surface area contributed by atoms with Gasteiger partial charge in [0.25, 0.3) is 0 Å². The van der Waals surface area contributed by atoms with Gasteiger partial charge in [-0.1, -0.05) is 43.2 Å². The molecule has 1 spiro atoms. The third kappa shape index (κ3) is 1.95. The van der Waals surface area contributed by atoms with E-state index in [9.17, 15) is 14.7 Å². The molecule has 1 aromatic rings. The molecule has 0 bridgehead atoms. The van der Waals surface area contributed by atoms with Crippen molar-refractivity contribution in [2.75, 3.05) is 6.61 Å². The number of carbonyl (C=O) groups is 2. The van der Waals surface area contributed by atoms with Crippen molar-refractivity contribution < 1.29 is 14.7 Å². The van der Waals surface area contributed by atoms with Crippen molar-refractivity contribution >= 4 is 11.8 Å². The van der Waals surface area contributed by atoms with Crippen LogP contribution in [0.25, 0.3) is 0 Å². The minimum atomic E-state index is -0.545. The molecule has 0 radical (unpaired) electrons. The molecule has 20 heavy (non-hydrogen) atoms. The van der Waals surface area contributed by atoms with E-state index < -0.39 is 11.5 Å². The van der Waals surface area contributed by atoms with Crippen LogP contribution in [0.2, 0.25) is 0 Å². The Kier molecular flexibility index (Phi) is 3.34. The second kappa shape index (κ2) is 5.02. The van der Waals surface area contributed by atoms with Crippen LogP contribution in [0.15, 0.2) is 30.3 Å². The zero-order valence-electron chi connectivity index (χ0n) is 11.4. The minimum Gasteiger partial charge on any atom is -0.394 e. The summed E-state index contributed by atoms with van der Waals surface area (Å²) in [6, 6.07) is 8.74. The first-order chi connectivity index (χ1) is 9.68. The molecule has 2 aliphatic rings. The van der Waals surface area contributed by atoms with E-state index in [1.165, 1.54) is 4.90 Å². The van der Waals surface area contributed by atoms with Crippen LogP contribution in [0.5, 0.6) is 0 Å². The second-order valence-corrected chi connectivity index (χ2v) is 5.84. The van der Waals surface area contributed by atoms with E-state index in [0.717, 1.165) is 31.2 Å². The predicted molar refractivity (Wildman–Crippen MR) is 73.6 cm³/mol. The lowest BCUT2D eigenvalue weighted by Gasteiger charge is -2.27. The predicted octanol–water partition coefficient (Wildman–Crippen LogP) is 2.04. The normalized spacial score (nSPS) is 22.8. The van der Waals surface area contributed by atoms with E-state index in [0.29, 0.717) is 6.42 Å². The lowest BCUT2D eigenvalue weighted by molar-refractivity contribution is -0.145. The molecule has 1 saturated carbocycles. The molecule has 1 aliphatic heterocycles. The highest BCUT2D eigenvalue weighted by Crippen LogP contribution is 2.48. The monoisotopic (exact) mass is 273 g/mol. The van der Waals surface area contributed by atoms with Gasteiger partial charge in [0.2, 0.25) is 11.8 Å². The van der Waals surface area contributed by atoms with Gasteiger partial charge >= 0.3 is 0 Å². The largest absolute Gasteiger partial charge is 0.394 e. The van der Waals surface area contributed by atoms with Gasteiger partial charge in [0, 0.05) is 6.42 Å². The van der Waals surface area contributed by atoms with Crippen LogP contribution in [-0.4, -0.2) is 28.4 Å². The molecule has 3 rings (SSSR count). The summed E-state index contributed by atoms with van der Waals surface area (Å²) in [5.41, 5.74) is 0.339. The Morgan fingerprint density at radius 3 is 2.40 bits per heavy atom. The molecule has 4 nitrogen and oxygen atoms in total. The molecule has 1 saturated heterocycles. The molecular weight excluding hydrogens is 254 g/mol. The Hall–Kier alpha value is -1.68. The molecule has 106 valence electrons. The lowest BCUT2D eigenvalue weighted by Crippen LogP contribution is -2.39. The first-order valence-corrected chi connectivity index (χ1v) is 7.20. The average Bonchev–Trinajstić information content (AvgIpc) is 3.02. The number of hydrogen-bond acceptors (Lipinski definition) is 3. The molecule has 2 amide bonds. The smallest absolute Gasteiger partial charge is 0.236 e. The summed E-state index contributed by atoms with van der Waals surface area (Å²) in [5, 5.41) is 9.66. The number of hydrogen-bond donors (Lipinski definition) is 1. The van der Waals surface area contributed by atoms with Gasteiger partial charge in [-0.2, -0.15) is 0 Å². The van der Waals surface area contributed by atoms with Crippen molar-refractivity contribution in [1.29, 1.82) is 0 Å². The zero-order valence-corrected chi connectivity index (χ0v) is 11.4. The second-order valence-electron chi connectivity index (χ2n) is 5.84. The van der Waals surface area contributed by atoms with Crippen LogP contribution in [0.4, 0.5) is 0 Å². The Labute approximate surface area is 118 Å². The van der Waals surface area contributed by atoms with Crippen molar-refractivity contribution in [2.45, 2.75) is 38.1 Å². The number of nitrogens with zero attached hydrogens (tertiary/aromatic N) is 1. The fourth-order valence-electron chi connectivity index (χ4n) is 3.59. The van der Waals surface area contributed by atoms with Crippen molar-refractivity contribution in [2.24, 2.45) is 5.41 Å². The van der Waals surface area contributed by atoms with Gasteiger partial charge in [-0.3, -0.25) is 14.5 Å². The highest BCUT2D eigenvalue weighted by Gasteiger charge is 2.54. The third-order valence-corrected chi connectivity index (χ3v) is 4.66. The Bertz CT molecular complexity index is 520. The minimum absolute atomic E-state index is 0.0806. The number of imide groups is 1. The number of carbonyl (C=O) groups excluding carboxylic acids is 2. The summed E-state index contributed by atoms with van der Waals surface area (Å²) in [5.74, 6) is -0.220. The van der Waals surface area contributed by atoms with Crippen LogP contribution < -0.4 is 0 Å². The Balaban J connectivity index is 1.92. The van der Waals surface area contributed by atoms with E-state index >= 15 is 0 Å². The van der Waals surface area contributed by atoms with Crippen molar-refractivity contribution in [3.8, 4) is 0 Å². The molecule has 1 aromatic carbocycles. The third-order valence-electron chi connectivity index (χ3n) is 4.66. The number of amides is 2. The quantitative estimate of drug-likeness (QED) is 0.857. The number of benzene rings is 1. The summed E-state index contributed by atoms with van der Waals surface area (Å²) < 4.78 is 0. The van der Waals surface area contributed by atoms with Crippen LogP contribution in [-0.2, 0) is 9.59 Å². The van der Waals surface area contributed by atoms with Crippen LogP contribution in [0.3, 0.4) is 0 Å². The average molecular weight is 273 g/mol. The number of aliphatic hydroxyl groups is 1. The topological polar surface area (TPSA) is 57.6 Å². The van der Waals surface area contributed by atoms with Gasteiger partial charge in [0.15, 0.2) is 0 Å². The fraction of sp³-hybridized carbons (Fsp3) is 0.500. The van der Waals surface area contributed by atoms with Gasteiger partial charge in [0.05, 0.1) is 18.1 Å². The van der Waals surface area contributed by atoms with Gasteiger partial charge in [-0.15, -0.1) is 0 Å². The highest BCUT2D eigenvalue weighted by molar-refractivity contribution is 6.06. The summed E-state index contributed by atoms with van der Waals surface area (Å²) in [4.78, 5) is 26.3. The highest BCUT2D eigenvalue weighted by atomic mass is 16.3. The Morgan fingerprint density at radius 1 is 1.15 bits per heavy atom. The maximum Gasteiger partial charge on any atom is 0.236 e. The molecule has 0 unspecified atom stereocenters. The number of likely N-dealkylation sites (tertiary alicyclic amines) is 1. The van der Waals surface area contributed by atoms with Crippen LogP contribution >= 0.6 is 0 Å². The first kappa shape index (κ1) is 13.3. The van der Waals surface area contributed by atoms with E-state index in [1.807, 2.05) is 30.3 Å². The van der Waals surface area contributed by atoms with Gasteiger partial charge in [0.1, 0.15) is 0 Å². The standard InChI is InChI=1S/C16H19NO3/c18-11-13(12-6-2-1-3-7-12)17-14(19)10-16(15(17)20)8-4-5-9-16/h1-3,6-7,13,18H,4-5,8-11H2/t13-/m0/s1. The SMILES string of the molecule is O=C1CC2(CCCC2)C(=O)N1[C@@H](CO)c1ccccc1. The summed E-state index contributed by atoms with van der Waals surface area (Å²) in [6.07, 6.45) is 3.96. The van der Waals surface area contributed by atoms with Gasteiger partial charge in [-0.25, -0.2) is 0 Å². The maximum absolute atomic E-state index is 12.7. The molecule has 1 heterocycles. The van der Waals surface area contributed by atoms with Crippen molar-refractivity contribution in [1.82, 2.24) is 4.90 Å². The van der Waals surface area contributed by atoms with Crippen LogP contribution in [0.1, 0.15) is 43.7 Å². The van der Waals surface area contributed by atoms with E-state index in [-0.39, 0.29) is 18.4 Å². The molecule has 2 fully saturated rings. The maximum atomic E-state index is 12.7. The fourth-order valence-corrected chi connectivity index (χ4v) is 3.59. The number of rotatable bonds is 3. The summed E-state index contributed by atoms with van der Waals surface area (Å²) in [6.45, 7) is -0.225. The lowest BCUT2D eigenvalue weighted by atomic mass is 9.84. The molecule has 1 N–H and O–H groups in total. The van der Waals surface area contributed by atoms with Gasteiger partial charge in [-0.05, 0) is 18.4 Å². The molecule has 4 heteroatoms. The van der Waals surface area contributed by atoms with Crippen molar-refractivity contribution in [3.05, 3.63) is 35.9 Å². The van der Waals surface area contributed by atoms with E-state index in [1.54, 1.807) is 0 Å². The molecule has 1 aliphatic carbocycles. The zero-order chi connectivity index (χ0) is 14.2. The molecule has 0 aromatic heterocycles. The molecule has 1 atom stereocenters. The van der Waals surface area contributed by atoms with E-state index in [2.05, 4.69) is 0 Å². The van der Waals surface area contributed by atoms with Gasteiger partial charge < -0.3 is 5.11 Å². The summed E-state index contributed by atoms with van der Waals surface area (Å²) in [7, 11) is 0. The molecular formula is C16H19NO3.